The Kier molecular flexibility index (Phi) is 17.8. The second-order valence-electron chi connectivity index (χ2n) is 8.07. The molecule has 1 atom stereocenters. The molecule has 0 aromatic carbocycles. The summed E-state index contributed by atoms with van der Waals surface area (Å²) in [4.78, 5) is 2.58. The highest BCUT2D eigenvalue weighted by molar-refractivity contribution is 4.77. The van der Waals surface area contributed by atoms with E-state index in [1.807, 2.05) is 0 Å². The predicted octanol–water partition coefficient (Wildman–Crippen LogP) is 6.66. The van der Waals surface area contributed by atoms with E-state index in [-0.39, 0.29) is 0 Å². The van der Waals surface area contributed by atoms with Crippen LogP contribution < -0.4 is 0 Å². The average molecular weight is 368 g/mol. The first-order valence-corrected chi connectivity index (χ1v) is 11.9. The summed E-state index contributed by atoms with van der Waals surface area (Å²) in [6, 6.07) is 0. The Hall–Kier alpha value is -0.340. The Bertz CT molecular complexity index is 309. The molecule has 0 saturated heterocycles. The monoisotopic (exact) mass is 367 g/mol. The molecule has 0 aliphatic carbocycles. The lowest BCUT2D eigenvalue weighted by Crippen LogP contribution is -2.52. The summed E-state index contributed by atoms with van der Waals surface area (Å²) in [6.07, 6.45) is 19.0. The maximum Gasteiger partial charge on any atom is 0.0973 e. The quantitative estimate of drug-likeness (QED) is 0.140. The minimum absolute atomic E-state index is 1.18. The Morgan fingerprint density at radius 3 is 1.69 bits per heavy atom. The number of unbranched alkanes of at least 4 members (excludes halogenated alkanes) is 9. The topological polar surface area (TPSA) is 3.24 Å². The maximum absolute atomic E-state index is 2.58. The van der Waals surface area contributed by atoms with E-state index in [2.05, 4.69) is 51.7 Å². The van der Waals surface area contributed by atoms with Crippen molar-refractivity contribution in [1.82, 2.24) is 4.90 Å². The molecular formula is C24H51N2+. The van der Waals surface area contributed by atoms with E-state index in [1.165, 1.54) is 115 Å². The molecule has 2 nitrogen and oxygen atoms in total. The molecular weight excluding hydrogens is 316 g/mol. The molecule has 0 fully saturated rings. The SMILES string of the molecule is CC=CC[N+](CC)(CCCCCCCCCCCC)CCN(CC)CC. The largest absolute Gasteiger partial charge is 0.320 e. The van der Waals surface area contributed by atoms with Crippen LogP contribution >= 0.6 is 0 Å². The van der Waals surface area contributed by atoms with Crippen LogP contribution in [0, 0.1) is 0 Å². The molecule has 1 unspecified atom stereocenters. The highest BCUT2D eigenvalue weighted by Gasteiger charge is 2.23. The number of allylic oxidation sites excluding steroid dienone is 1. The summed E-state index contributed by atoms with van der Waals surface area (Å²) in [5, 5.41) is 0. The van der Waals surface area contributed by atoms with Crippen LogP contribution in [0.3, 0.4) is 0 Å². The number of hydrogen-bond donors (Lipinski definition) is 0. The summed E-state index contributed by atoms with van der Waals surface area (Å²) >= 11 is 0. The van der Waals surface area contributed by atoms with Gasteiger partial charge in [-0.25, -0.2) is 0 Å². The summed E-state index contributed by atoms with van der Waals surface area (Å²) in [5.41, 5.74) is 0. The standard InChI is InChI=1S/C24H51N2/c1-6-11-13-14-15-16-17-18-19-20-23-26(10-5,22-12-7-2)24-21-25(8-3)9-4/h7,12H,6,8-11,13-24H2,1-5H3/q+1. The van der Waals surface area contributed by atoms with Gasteiger partial charge in [0.15, 0.2) is 0 Å². The fourth-order valence-corrected chi connectivity index (χ4v) is 3.90. The highest BCUT2D eigenvalue weighted by Crippen LogP contribution is 2.14. The molecule has 0 bridgehead atoms. The molecule has 0 N–H and O–H groups in total. The third-order valence-corrected chi connectivity index (χ3v) is 6.17. The molecule has 0 aromatic heterocycles. The second kappa shape index (κ2) is 18.0. The molecule has 0 heterocycles. The second-order valence-corrected chi connectivity index (χ2v) is 8.07. The van der Waals surface area contributed by atoms with Gasteiger partial charge in [0, 0.05) is 6.54 Å². The minimum atomic E-state index is 1.18. The van der Waals surface area contributed by atoms with Crippen LogP contribution in [0.25, 0.3) is 0 Å². The van der Waals surface area contributed by atoms with Crippen LogP contribution in [0.1, 0.15) is 98.8 Å². The Morgan fingerprint density at radius 2 is 1.23 bits per heavy atom. The summed E-state index contributed by atoms with van der Waals surface area (Å²) < 4.78 is 1.28. The molecule has 0 aliphatic rings. The van der Waals surface area contributed by atoms with Gasteiger partial charge in [0.2, 0.25) is 0 Å². The average Bonchev–Trinajstić information content (AvgIpc) is 2.67. The van der Waals surface area contributed by atoms with Crippen molar-refractivity contribution in [2.45, 2.75) is 98.8 Å². The van der Waals surface area contributed by atoms with Gasteiger partial charge in [-0.15, -0.1) is 0 Å². The minimum Gasteiger partial charge on any atom is -0.320 e. The lowest BCUT2D eigenvalue weighted by Gasteiger charge is -2.38. The molecule has 0 amide bonds. The lowest BCUT2D eigenvalue weighted by molar-refractivity contribution is -0.921. The van der Waals surface area contributed by atoms with E-state index in [4.69, 9.17) is 0 Å². The third-order valence-electron chi connectivity index (χ3n) is 6.17. The fourth-order valence-electron chi connectivity index (χ4n) is 3.90. The van der Waals surface area contributed by atoms with Gasteiger partial charge in [-0.3, -0.25) is 4.90 Å². The Balaban J connectivity index is 4.10. The summed E-state index contributed by atoms with van der Waals surface area (Å²) in [6.45, 7) is 20.2. The summed E-state index contributed by atoms with van der Waals surface area (Å²) in [7, 11) is 0. The van der Waals surface area contributed by atoms with Gasteiger partial charge in [-0.2, -0.15) is 0 Å². The van der Waals surface area contributed by atoms with Crippen LogP contribution in [0.15, 0.2) is 12.2 Å². The highest BCUT2D eigenvalue weighted by atomic mass is 15.4. The zero-order chi connectivity index (χ0) is 19.5. The van der Waals surface area contributed by atoms with Gasteiger partial charge in [0.05, 0.1) is 26.2 Å². The molecule has 0 radical (unpaired) electrons. The van der Waals surface area contributed by atoms with Crippen LogP contribution in [-0.2, 0) is 0 Å². The zero-order valence-corrected chi connectivity index (χ0v) is 19.1. The van der Waals surface area contributed by atoms with Gasteiger partial charge in [0.25, 0.3) is 0 Å². The van der Waals surface area contributed by atoms with E-state index < -0.39 is 0 Å². The summed E-state index contributed by atoms with van der Waals surface area (Å²) in [5.74, 6) is 0. The molecule has 0 aromatic rings. The van der Waals surface area contributed by atoms with Crippen LogP contribution in [0.4, 0.5) is 0 Å². The number of nitrogens with zero attached hydrogens (tertiary/aromatic N) is 2. The molecule has 2 heteroatoms. The van der Waals surface area contributed by atoms with E-state index in [0.29, 0.717) is 0 Å². The smallest absolute Gasteiger partial charge is 0.0973 e. The van der Waals surface area contributed by atoms with Gasteiger partial charge in [0.1, 0.15) is 0 Å². The van der Waals surface area contributed by atoms with Crippen molar-refractivity contribution in [2.75, 3.05) is 45.8 Å². The van der Waals surface area contributed by atoms with Gasteiger partial charge in [-0.05, 0) is 45.9 Å². The van der Waals surface area contributed by atoms with Gasteiger partial charge >= 0.3 is 0 Å². The van der Waals surface area contributed by atoms with Crippen molar-refractivity contribution in [1.29, 1.82) is 0 Å². The van der Waals surface area contributed by atoms with Gasteiger partial charge in [-0.1, -0.05) is 78.2 Å². The Labute approximate surface area is 166 Å². The first-order valence-electron chi connectivity index (χ1n) is 11.9. The third kappa shape index (κ3) is 12.9. The maximum atomic E-state index is 2.58. The first-order chi connectivity index (χ1) is 12.7. The number of likely N-dealkylation sites (N-methyl/N-ethyl adjacent to an activating group) is 2. The van der Waals surface area contributed by atoms with Crippen LogP contribution in [0.5, 0.6) is 0 Å². The molecule has 0 spiro atoms. The van der Waals surface area contributed by atoms with Crippen molar-refractivity contribution in [3.63, 3.8) is 0 Å². The van der Waals surface area contributed by atoms with Crippen LogP contribution in [-0.4, -0.2) is 55.2 Å². The number of hydrogen-bond acceptors (Lipinski definition) is 1. The molecule has 0 aliphatic heterocycles. The molecule has 0 rings (SSSR count). The first kappa shape index (κ1) is 25.7. The Morgan fingerprint density at radius 1 is 0.692 bits per heavy atom. The van der Waals surface area contributed by atoms with Crippen molar-refractivity contribution in [2.24, 2.45) is 0 Å². The van der Waals surface area contributed by atoms with Crippen LogP contribution in [0.2, 0.25) is 0 Å². The fraction of sp³-hybridized carbons (Fsp3) is 0.917. The van der Waals surface area contributed by atoms with Crippen molar-refractivity contribution >= 4 is 0 Å². The molecule has 0 saturated carbocycles. The molecule has 156 valence electrons. The van der Waals surface area contributed by atoms with Crippen molar-refractivity contribution in [3.05, 3.63) is 12.2 Å². The van der Waals surface area contributed by atoms with E-state index in [9.17, 15) is 0 Å². The zero-order valence-electron chi connectivity index (χ0n) is 19.1. The predicted molar refractivity (Wildman–Crippen MR) is 120 cm³/mol. The van der Waals surface area contributed by atoms with E-state index in [0.717, 1.165) is 0 Å². The lowest BCUT2D eigenvalue weighted by atomic mass is 10.1. The number of quaternary nitrogens is 1. The van der Waals surface area contributed by atoms with E-state index in [1.54, 1.807) is 0 Å². The number of rotatable bonds is 19. The molecule has 26 heavy (non-hydrogen) atoms. The van der Waals surface area contributed by atoms with Crippen molar-refractivity contribution in [3.8, 4) is 0 Å². The van der Waals surface area contributed by atoms with Gasteiger partial charge < -0.3 is 4.48 Å². The normalized spacial score (nSPS) is 14.4. The van der Waals surface area contributed by atoms with Crippen molar-refractivity contribution < 1.29 is 4.48 Å². The van der Waals surface area contributed by atoms with E-state index >= 15 is 0 Å².